The number of nitro groups is 1. The zero-order chi connectivity index (χ0) is 15.4. The summed E-state index contributed by atoms with van der Waals surface area (Å²) in [5.41, 5.74) is 0.322. The van der Waals surface area contributed by atoms with E-state index in [9.17, 15) is 19.7 Å². The first-order valence-corrected chi connectivity index (χ1v) is 5.66. The lowest BCUT2D eigenvalue weighted by molar-refractivity contribution is -0.389. The van der Waals surface area contributed by atoms with Crippen LogP contribution in [0.4, 0.5) is 11.5 Å². The van der Waals surface area contributed by atoms with Crippen molar-refractivity contribution in [3.05, 3.63) is 34.8 Å². The number of nitrogens with one attached hydrogen (secondary N) is 1. The van der Waals surface area contributed by atoms with E-state index in [2.05, 4.69) is 15.5 Å². The van der Waals surface area contributed by atoms with Gasteiger partial charge in [-0.2, -0.15) is 9.78 Å². The lowest BCUT2D eigenvalue weighted by atomic mass is 10.5. The third-order valence-electron chi connectivity index (χ3n) is 2.33. The van der Waals surface area contributed by atoms with E-state index >= 15 is 0 Å². The molecule has 2 heterocycles. The third-order valence-corrected chi connectivity index (χ3v) is 2.33. The number of hydrogen-bond acceptors (Lipinski definition) is 6. The van der Waals surface area contributed by atoms with E-state index in [0.717, 1.165) is 9.36 Å². The molecule has 11 heteroatoms. The summed E-state index contributed by atoms with van der Waals surface area (Å²) in [6, 6.07) is 1.18. The van der Waals surface area contributed by atoms with Gasteiger partial charge in [0.15, 0.2) is 0 Å². The first-order valence-electron chi connectivity index (χ1n) is 5.66. The molecule has 0 unspecified atom stereocenters. The number of carboxylic acids is 1. The molecule has 0 bridgehead atoms. The number of aromatic nitrogens is 4. The maximum atomic E-state index is 11.7. The lowest BCUT2D eigenvalue weighted by Gasteiger charge is -2.00. The summed E-state index contributed by atoms with van der Waals surface area (Å²) in [6.07, 6.45) is 3.97. The Kier molecular flexibility index (Phi) is 3.92. The molecule has 2 N–H and O–H groups in total. The van der Waals surface area contributed by atoms with E-state index in [1.165, 1.54) is 24.7 Å². The highest BCUT2D eigenvalue weighted by Crippen LogP contribution is 2.07. The summed E-state index contributed by atoms with van der Waals surface area (Å²) >= 11 is 0. The summed E-state index contributed by atoms with van der Waals surface area (Å²) < 4.78 is 2.27. The number of carboxylic acid groups (broad SMARTS) is 1. The molecule has 0 saturated carbocycles. The van der Waals surface area contributed by atoms with Gasteiger partial charge in [-0.25, -0.2) is 0 Å². The van der Waals surface area contributed by atoms with Crippen LogP contribution in [0.5, 0.6) is 0 Å². The fourth-order valence-corrected chi connectivity index (χ4v) is 1.54. The largest absolute Gasteiger partial charge is 0.480 e. The fourth-order valence-electron chi connectivity index (χ4n) is 1.54. The first-order chi connectivity index (χ1) is 9.94. The molecule has 0 saturated heterocycles. The molecular weight excluding hydrogens is 284 g/mol. The van der Waals surface area contributed by atoms with E-state index in [1.807, 2.05) is 0 Å². The number of carbonyl (C=O) groups is 2. The van der Waals surface area contributed by atoms with Crippen LogP contribution in [0, 0.1) is 10.1 Å². The molecule has 2 aromatic heterocycles. The van der Waals surface area contributed by atoms with Crippen LogP contribution in [0.2, 0.25) is 0 Å². The van der Waals surface area contributed by atoms with Crippen LogP contribution in [0.25, 0.3) is 0 Å². The summed E-state index contributed by atoms with van der Waals surface area (Å²) in [7, 11) is 0. The zero-order valence-corrected chi connectivity index (χ0v) is 10.5. The lowest BCUT2D eigenvalue weighted by Crippen LogP contribution is -2.19. The molecule has 110 valence electrons. The van der Waals surface area contributed by atoms with Crippen molar-refractivity contribution in [3.8, 4) is 0 Å². The Balaban J connectivity index is 1.93. The molecular formula is C10H10N6O5. The van der Waals surface area contributed by atoms with Gasteiger partial charge in [-0.15, -0.1) is 0 Å². The van der Waals surface area contributed by atoms with Gasteiger partial charge in [0.05, 0.1) is 29.2 Å². The van der Waals surface area contributed by atoms with E-state index in [1.54, 1.807) is 0 Å². The van der Waals surface area contributed by atoms with Crippen molar-refractivity contribution in [2.45, 2.75) is 13.1 Å². The molecule has 2 aromatic rings. The number of amides is 1. The fraction of sp³-hybridized carbons (Fsp3) is 0.200. The molecule has 0 fully saturated rings. The molecule has 1 amide bonds. The van der Waals surface area contributed by atoms with Crippen LogP contribution in [0.15, 0.2) is 24.7 Å². The molecule has 11 nitrogen and oxygen atoms in total. The maximum absolute atomic E-state index is 11.7. The van der Waals surface area contributed by atoms with E-state index < -0.39 is 16.8 Å². The van der Waals surface area contributed by atoms with E-state index in [-0.39, 0.29) is 18.9 Å². The minimum absolute atomic E-state index is 0.210. The van der Waals surface area contributed by atoms with Crippen LogP contribution in [0.1, 0.15) is 0 Å². The number of rotatable bonds is 6. The SMILES string of the molecule is O=C(O)Cn1cc(NC(=O)Cn2ccc([N+](=O)[O-])n2)cn1. The van der Waals surface area contributed by atoms with Crippen molar-refractivity contribution in [1.29, 1.82) is 0 Å². The van der Waals surface area contributed by atoms with Crippen molar-refractivity contribution in [3.63, 3.8) is 0 Å². The quantitative estimate of drug-likeness (QED) is 0.549. The van der Waals surface area contributed by atoms with Gasteiger partial charge in [-0.1, -0.05) is 0 Å². The van der Waals surface area contributed by atoms with E-state index in [0.29, 0.717) is 5.69 Å². The van der Waals surface area contributed by atoms with Crippen LogP contribution in [0.3, 0.4) is 0 Å². The van der Waals surface area contributed by atoms with Gasteiger partial charge in [0.25, 0.3) is 0 Å². The summed E-state index contributed by atoms with van der Waals surface area (Å²) in [6.45, 7) is -0.529. The van der Waals surface area contributed by atoms with Crippen molar-refractivity contribution >= 4 is 23.4 Å². The number of hydrogen-bond donors (Lipinski definition) is 2. The second-order valence-corrected chi connectivity index (χ2v) is 4.00. The van der Waals surface area contributed by atoms with Gasteiger partial charge >= 0.3 is 11.8 Å². The Labute approximate surface area is 116 Å². The minimum Gasteiger partial charge on any atom is -0.480 e. The van der Waals surface area contributed by atoms with Gasteiger partial charge in [0.1, 0.15) is 13.1 Å². The van der Waals surface area contributed by atoms with Gasteiger partial charge in [0, 0.05) is 6.20 Å². The van der Waals surface area contributed by atoms with Crippen molar-refractivity contribution < 1.29 is 19.6 Å². The predicted molar refractivity (Wildman–Crippen MR) is 67.4 cm³/mol. The second kappa shape index (κ2) is 5.81. The average Bonchev–Trinajstić information content (AvgIpc) is 2.98. The van der Waals surface area contributed by atoms with Gasteiger partial charge < -0.3 is 20.5 Å². The van der Waals surface area contributed by atoms with Gasteiger partial charge in [-0.3, -0.25) is 14.3 Å². The first kappa shape index (κ1) is 14.2. The molecule has 2 rings (SSSR count). The molecule has 0 radical (unpaired) electrons. The van der Waals surface area contributed by atoms with Crippen molar-refractivity contribution in [1.82, 2.24) is 19.6 Å². The number of anilines is 1. The Morgan fingerprint density at radius 2 is 2.14 bits per heavy atom. The summed E-state index contributed by atoms with van der Waals surface area (Å²) in [5, 5.41) is 28.9. The maximum Gasteiger partial charge on any atom is 0.389 e. The highest BCUT2D eigenvalue weighted by molar-refractivity contribution is 5.90. The summed E-state index contributed by atoms with van der Waals surface area (Å²) in [4.78, 5) is 32.0. The highest BCUT2D eigenvalue weighted by Gasteiger charge is 2.14. The van der Waals surface area contributed by atoms with Gasteiger partial charge in [-0.05, 0) is 4.92 Å². The van der Waals surface area contributed by atoms with Crippen LogP contribution >= 0.6 is 0 Å². The number of nitrogens with zero attached hydrogens (tertiary/aromatic N) is 5. The Morgan fingerprint density at radius 3 is 2.76 bits per heavy atom. The van der Waals surface area contributed by atoms with E-state index in [4.69, 9.17) is 5.11 Å². The summed E-state index contributed by atoms with van der Waals surface area (Å²) in [5.74, 6) is -1.88. The molecule has 0 atom stereocenters. The van der Waals surface area contributed by atoms with Crippen molar-refractivity contribution in [2.75, 3.05) is 5.32 Å². The Hall–Kier alpha value is -3.24. The van der Waals surface area contributed by atoms with Crippen LogP contribution < -0.4 is 5.32 Å². The smallest absolute Gasteiger partial charge is 0.389 e. The molecule has 0 aliphatic heterocycles. The molecule has 0 aliphatic carbocycles. The second-order valence-electron chi connectivity index (χ2n) is 4.00. The van der Waals surface area contributed by atoms with Crippen molar-refractivity contribution in [2.24, 2.45) is 0 Å². The molecule has 0 aromatic carbocycles. The highest BCUT2D eigenvalue weighted by atomic mass is 16.6. The Morgan fingerprint density at radius 1 is 1.38 bits per heavy atom. The normalized spacial score (nSPS) is 10.3. The van der Waals surface area contributed by atoms with Gasteiger partial charge in [0.2, 0.25) is 5.91 Å². The van der Waals surface area contributed by atoms with Crippen LogP contribution in [-0.2, 0) is 22.7 Å². The zero-order valence-electron chi connectivity index (χ0n) is 10.5. The molecule has 21 heavy (non-hydrogen) atoms. The average molecular weight is 294 g/mol. The molecule has 0 aliphatic rings. The van der Waals surface area contributed by atoms with Crippen LogP contribution in [-0.4, -0.2) is 41.5 Å². The molecule has 0 spiro atoms. The number of carbonyl (C=O) groups excluding carboxylic acids is 1. The topological polar surface area (TPSA) is 145 Å². The standard InChI is InChI=1S/C10H10N6O5/c17-9(5-14-2-1-8(13-14)16(20)21)12-7-3-11-15(4-7)6-10(18)19/h1-4H,5-6H2,(H,12,17)(H,18,19). The Bertz CT molecular complexity index is 690. The predicted octanol–water partition coefficient (Wildman–Crippen LogP) is -0.289. The monoisotopic (exact) mass is 294 g/mol. The third kappa shape index (κ3) is 3.86. The number of aliphatic carboxylic acids is 1. The minimum atomic E-state index is -1.06.